The minimum Gasteiger partial charge on any atom is -0.347 e. The molecule has 16 heavy (non-hydrogen) atoms. The van der Waals surface area contributed by atoms with Gasteiger partial charge in [0, 0.05) is 11.4 Å². The highest BCUT2D eigenvalue weighted by Crippen LogP contribution is 2.14. The Balaban J connectivity index is 2.30. The number of hydrogen-bond acceptors (Lipinski definition) is 2. The van der Waals surface area contributed by atoms with Crippen molar-refractivity contribution in [1.29, 1.82) is 0 Å². The van der Waals surface area contributed by atoms with Crippen molar-refractivity contribution in [1.82, 2.24) is 9.97 Å². The van der Waals surface area contributed by atoms with E-state index in [9.17, 15) is 4.39 Å². The molecule has 0 aliphatic heterocycles. The summed E-state index contributed by atoms with van der Waals surface area (Å²) in [5.41, 5.74) is 1.39. The van der Waals surface area contributed by atoms with Crippen LogP contribution in [0.4, 0.5) is 4.39 Å². The summed E-state index contributed by atoms with van der Waals surface area (Å²) in [6.07, 6.45) is 1.84. The fraction of sp³-hybridized carbons (Fsp3) is 0.0909. The molecular weight excluding hydrogens is 247 g/mol. The van der Waals surface area contributed by atoms with Crippen LogP contribution in [0.2, 0.25) is 5.02 Å². The molecule has 82 valence electrons. The fourth-order valence-corrected chi connectivity index (χ4v) is 1.65. The number of halogens is 2. The van der Waals surface area contributed by atoms with Gasteiger partial charge >= 0.3 is 0 Å². The summed E-state index contributed by atoms with van der Waals surface area (Å²) in [7, 11) is 0. The minimum atomic E-state index is -0.465. The average molecular weight is 255 g/mol. The molecular formula is C11H8ClFN2S. The Morgan fingerprint density at radius 3 is 2.69 bits per heavy atom. The van der Waals surface area contributed by atoms with Crippen molar-refractivity contribution in [3.8, 4) is 0 Å². The maximum atomic E-state index is 13.5. The molecule has 5 heteroatoms. The smallest absolute Gasteiger partial charge is 0.179 e. The van der Waals surface area contributed by atoms with Crippen molar-refractivity contribution >= 4 is 23.8 Å². The minimum absolute atomic E-state index is 0.0114. The lowest BCUT2D eigenvalue weighted by atomic mass is 10.1. The van der Waals surface area contributed by atoms with Gasteiger partial charge in [-0.3, -0.25) is 0 Å². The van der Waals surface area contributed by atoms with Crippen molar-refractivity contribution in [3.63, 3.8) is 0 Å². The van der Waals surface area contributed by atoms with E-state index in [2.05, 4.69) is 9.97 Å². The first-order valence-corrected chi connectivity index (χ1v) is 5.42. The van der Waals surface area contributed by atoms with Gasteiger partial charge in [0.15, 0.2) is 10.5 Å². The predicted molar refractivity (Wildman–Crippen MR) is 63.6 cm³/mol. The van der Waals surface area contributed by atoms with E-state index in [0.717, 1.165) is 5.56 Å². The molecule has 0 saturated heterocycles. The van der Waals surface area contributed by atoms with E-state index in [1.165, 1.54) is 6.33 Å². The zero-order valence-corrected chi connectivity index (χ0v) is 9.78. The molecule has 0 bridgehead atoms. The first kappa shape index (κ1) is 11.2. The highest BCUT2D eigenvalue weighted by Gasteiger charge is 2.05. The van der Waals surface area contributed by atoms with Crippen LogP contribution in [0.1, 0.15) is 11.3 Å². The van der Waals surface area contributed by atoms with Gasteiger partial charge < -0.3 is 4.98 Å². The van der Waals surface area contributed by atoms with Crippen LogP contribution in [0.3, 0.4) is 0 Å². The number of nitrogens with one attached hydrogen (secondary N) is 1. The van der Waals surface area contributed by atoms with Crippen molar-refractivity contribution < 1.29 is 4.39 Å². The molecule has 0 spiro atoms. The summed E-state index contributed by atoms with van der Waals surface area (Å²) >= 11 is 10.5. The second-order valence-electron chi connectivity index (χ2n) is 3.30. The van der Waals surface area contributed by atoms with Crippen LogP contribution < -0.4 is 0 Å². The van der Waals surface area contributed by atoms with Gasteiger partial charge in [-0.2, -0.15) is 0 Å². The number of aromatic amines is 1. The van der Waals surface area contributed by atoms with Gasteiger partial charge in [0.05, 0.1) is 12.0 Å². The van der Waals surface area contributed by atoms with Gasteiger partial charge in [-0.25, -0.2) is 9.37 Å². The Morgan fingerprint density at radius 1 is 1.31 bits per heavy atom. The first-order valence-electron chi connectivity index (χ1n) is 4.63. The summed E-state index contributed by atoms with van der Waals surface area (Å²) in [5.74, 6) is -0.465. The van der Waals surface area contributed by atoms with E-state index < -0.39 is 5.82 Å². The molecule has 0 aliphatic rings. The van der Waals surface area contributed by atoms with Crippen molar-refractivity contribution in [3.05, 3.63) is 57.3 Å². The predicted octanol–water partition coefficient (Wildman–Crippen LogP) is 3.52. The van der Waals surface area contributed by atoms with Gasteiger partial charge in [-0.15, -0.1) is 0 Å². The third kappa shape index (κ3) is 2.46. The lowest BCUT2D eigenvalue weighted by Crippen LogP contribution is -1.98. The second kappa shape index (κ2) is 4.72. The maximum absolute atomic E-state index is 13.5. The molecule has 0 unspecified atom stereocenters. The Labute approximate surface area is 102 Å². The highest BCUT2D eigenvalue weighted by molar-refractivity contribution is 7.71. The lowest BCUT2D eigenvalue weighted by Gasteiger charge is -2.03. The SMILES string of the molecule is Fc1c(Cc2ccc(Cl)cc2)[nH]cnc1=S. The van der Waals surface area contributed by atoms with Gasteiger partial charge in [-0.1, -0.05) is 36.0 Å². The Morgan fingerprint density at radius 2 is 2.00 bits per heavy atom. The van der Waals surface area contributed by atoms with Gasteiger partial charge in [0.25, 0.3) is 0 Å². The van der Waals surface area contributed by atoms with E-state index in [-0.39, 0.29) is 4.64 Å². The first-order chi connectivity index (χ1) is 7.66. The molecule has 0 saturated carbocycles. The van der Waals surface area contributed by atoms with E-state index in [0.29, 0.717) is 17.1 Å². The molecule has 1 N–H and O–H groups in total. The Bertz CT molecular complexity index is 551. The van der Waals surface area contributed by atoms with Crippen LogP contribution in [0.25, 0.3) is 0 Å². The molecule has 0 aliphatic carbocycles. The molecule has 2 rings (SSSR count). The van der Waals surface area contributed by atoms with Crippen LogP contribution in [0.5, 0.6) is 0 Å². The zero-order chi connectivity index (χ0) is 11.5. The highest BCUT2D eigenvalue weighted by atomic mass is 35.5. The Hall–Kier alpha value is -1.26. The van der Waals surface area contributed by atoms with Crippen LogP contribution in [0.15, 0.2) is 30.6 Å². The van der Waals surface area contributed by atoms with E-state index in [4.69, 9.17) is 23.8 Å². The number of H-pyrrole nitrogens is 1. The summed E-state index contributed by atoms with van der Waals surface area (Å²) in [6.45, 7) is 0. The molecule has 0 fully saturated rings. The largest absolute Gasteiger partial charge is 0.347 e. The van der Waals surface area contributed by atoms with E-state index in [1.807, 2.05) is 12.1 Å². The van der Waals surface area contributed by atoms with Gasteiger partial charge in [0.2, 0.25) is 0 Å². The summed E-state index contributed by atoms with van der Waals surface area (Å²) < 4.78 is 13.5. The lowest BCUT2D eigenvalue weighted by molar-refractivity contribution is 0.590. The molecule has 0 radical (unpaired) electrons. The average Bonchev–Trinajstić information content (AvgIpc) is 2.28. The van der Waals surface area contributed by atoms with Crippen LogP contribution >= 0.6 is 23.8 Å². The van der Waals surface area contributed by atoms with Crippen molar-refractivity contribution in [2.24, 2.45) is 0 Å². The molecule has 1 heterocycles. The summed E-state index contributed by atoms with van der Waals surface area (Å²) in [4.78, 5) is 6.41. The van der Waals surface area contributed by atoms with Crippen LogP contribution in [0, 0.1) is 10.5 Å². The number of nitrogens with zero attached hydrogens (tertiary/aromatic N) is 1. The summed E-state index contributed by atoms with van der Waals surface area (Å²) in [5, 5.41) is 0.659. The van der Waals surface area contributed by atoms with E-state index >= 15 is 0 Å². The topological polar surface area (TPSA) is 28.7 Å². The monoisotopic (exact) mass is 254 g/mol. The molecule has 1 aromatic heterocycles. The van der Waals surface area contributed by atoms with Crippen LogP contribution in [-0.4, -0.2) is 9.97 Å². The number of rotatable bonds is 2. The van der Waals surface area contributed by atoms with Crippen molar-refractivity contribution in [2.45, 2.75) is 6.42 Å². The van der Waals surface area contributed by atoms with Gasteiger partial charge in [0.1, 0.15) is 0 Å². The number of hydrogen-bond donors (Lipinski definition) is 1. The molecule has 1 aromatic carbocycles. The fourth-order valence-electron chi connectivity index (χ4n) is 1.35. The molecule has 0 atom stereocenters. The third-order valence-corrected chi connectivity index (χ3v) is 2.70. The standard InChI is InChI=1S/C11H8ClFN2S/c12-8-3-1-7(2-4-8)5-9-10(13)11(16)15-6-14-9/h1-4,6H,5H2,(H,14,15,16). The maximum Gasteiger partial charge on any atom is 0.179 e. The Kier molecular flexibility index (Phi) is 3.31. The molecule has 0 amide bonds. The second-order valence-corrected chi connectivity index (χ2v) is 4.13. The van der Waals surface area contributed by atoms with Gasteiger partial charge in [-0.05, 0) is 17.7 Å². The van der Waals surface area contributed by atoms with E-state index in [1.54, 1.807) is 12.1 Å². The number of benzene rings is 1. The molecule has 2 aromatic rings. The molecule has 2 nitrogen and oxygen atoms in total. The quantitative estimate of drug-likeness (QED) is 0.831. The normalized spacial score (nSPS) is 10.4. The zero-order valence-electron chi connectivity index (χ0n) is 8.21. The number of aromatic nitrogens is 2. The van der Waals surface area contributed by atoms with Crippen molar-refractivity contribution in [2.75, 3.05) is 0 Å². The third-order valence-electron chi connectivity index (χ3n) is 2.17. The summed E-state index contributed by atoms with van der Waals surface area (Å²) in [6, 6.07) is 7.23. The van der Waals surface area contributed by atoms with Crippen LogP contribution in [-0.2, 0) is 6.42 Å².